The Hall–Kier alpha value is -2.09. The molecular weight excluding hydrogens is 220 g/mol. The molecule has 2 heteroatoms. The standard InChI is InChI=1S/C16H17N2/c1-2-12-17-13-18(14-8-4-3-5-9-14)16-11-7-6-10-15(16)17/h3-11,13H,2,12H2,1H3/q+1. The van der Waals surface area contributed by atoms with Gasteiger partial charge in [-0.3, -0.25) is 0 Å². The Bertz CT molecular complexity index is 653. The first kappa shape index (κ1) is 11.0. The van der Waals surface area contributed by atoms with E-state index in [1.165, 1.54) is 16.7 Å². The molecule has 3 aromatic rings. The van der Waals surface area contributed by atoms with Gasteiger partial charge in [0.1, 0.15) is 5.69 Å². The summed E-state index contributed by atoms with van der Waals surface area (Å²) in [6.07, 6.45) is 3.34. The Morgan fingerprint density at radius 2 is 1.67 bits per heavy atom. The Labute approximate surface area is 107 Å². The van der Waals surface area contributed by atoms with Gasteiger partial charge in [-0.2, -0.15) is 4.57 Å². The van der Waals surface area contributed by atoms with Crippen molar-refractivity contribution in [3.8, 4) is 5.69 Å². The second-order valence-electron chi connectivity index (χ2n) is 4.50. The number of rotatable bonds is 3. The Morgan fingerprint density at radius 1 is 0.944 bits per heavy atom. The number of fused-ring (bicyclic) bond motifs is 1. The molecule has 2 nitrogen and oxygen atoms in total. The van der Waals surface area contributed by atoms with Crippen LogP contribution >= 0.6 is 0 Å². The zero-order chi connectivity index (χ0) is 12.4. The van der Waals surface area contributed by atoms with Gasteiger partial charge in [0.25, 0.3) is 0 Å². The van der Waals surface area contributed by atoms with Gasteiger partial charge in [0.05, 0.1) is 6.54 Å². The molecule has 0 fully saturated rings. The van der Waals surface area contributed by atoms with E-state index in [1.54, 1.807) is 0 Å². The second kappa shape index (κ2) is 4.65. The van der Waals surface area contributed by atoms with Crippen molar-refractivity contribution in [1.82, 2.24) is 4.57 Å². The molecule has 0 unspecified atom stereocenters. The number of hydrogen-bond donors (Lipinski definition) is 0. The van der Waals surface area contributed by atoms with Crippen LogP contribution in [0.3, 0.4) is 0 Å². The molecule has 3 rings (SSSR count). The van der Waals surface area contributed by atoms with E-state index in [9.17, 15) is 0 Å². The normalized spacial score (nSPS) is 10.9. The SMILES string of the molecule is CCC[n+]1cn(-c2ccccc2)c2ccccc21. The third-order valence-electron chi connectivity index (χ3n) is 3.20. The molecule has 0 spiro atoms. The molecule has 0 bridgehead atoms. The maximum atomic E-state index is 2.32. The van der Waals surface area contributed by atoms with Crippen LogP contribution in [0.15, 0.2) is 60.9 Å². The van der Waals surface area contributed by atoms with Gasteiger partial charge in [-0.25, -0.2) is 4.57 Å². The summed E-state index contributed by atoms with van der Waals surface area (Å²) in [5, 5.41) is 0. The molecule has 0 amide bonds. The molecule has 0 saturated heterocycles. The highest BCUT2D eigenvalue weighted by Gasteiger charge is 2.15. The number of benzene rings is 2. The van der Waals surface area contributed by atoms with E-state index < -0.39 is 0 Å². The van der Waals surface area contributed by atoms with Crippen LogP contribution in [0.2, 0.25) is 0 Å². The molecular formula is C16H17N2+. The summed E-state index contributed by atoms with van der Waals surface area (Å²) in [7, 11) is 0. The highest BCUT2D eigenvalue weighted by atomic mass is 15.1. The van der Waals surface area contributed by atoms with E-state index in [0.717, 1.165) is 13.0 Å². The van der Waals surface area contributed by atoms with Crippen LogP contribution in [-0.2, 0) is 6.54 Å². The summed E-state index contributed by atoms with van der Waals surface area (Å²) in [6, 6.07) is 19.0. The fourth-order valence-corrected chi connectivity index (χ4v) is 2.39. The molecule has 18 heavy (non-hydrogen) atoms. The van der Waals surface area contributed by atoms with Crippen molar-refractivity contribution in [1.29, 1.82) is 0 Å². The summed E-state index contributed by atoms with van der Waals surface area (Å²) in [6.45, 7) is 3.27. The van der Waals surface area contributed by atoms with Crippen LogP contribution in [0.1, 0.15) is 13.3 Å². The zero-order valence-electron chi connectivity index (χ0n) is 10.6. The molecule has 1 aromatic heterocycles. The van der Waals surface area contributed by atoms with Crippen molar-refractivity contribution in [2.24, 2.45) is 0 Å². The number of hydrogen-bond acceptors (Lipinski definition) is 0. The molecule has 0 radical (unpaired) electrons. The minimum Gasteiger partial charge on any atom is -0.230 e. The minimum absolute atomic E-state index is 1.06. The zero-order valence-corrected chi connectivity index (χ0v) is 10.6. The van der Waals surface area contributed by atoms with Crippen LogP contribution in [-0.4, -0.2) is 4.57 Å². The highest BCUT2D eigenvalue weighted by Crippen LogP contribution is 2.16. The lowest BCUT2D eigenvalue weighted by molar-refractivity contribution is -0.671. The summed E-state index contributed by atoms with van der Waals surface area (Å²) in [4.78, 5) is 0. The smallest absolute Gasteiger partial charge is 0.230 e. The van der Waals surface area contributed by atoms with Gasteiger partial charge in [-0.1, -0.05) is 37.3 Å². The van der Waals surface area contributed by atoms with Gasteiger partial charge in [0.15, 0.2) is 11.0 Å². The van der Waals surface area contributed by atoms with Crippen molar-refractivity contribution in [2.45, 2.75) is 19.9 Å². The van der Waals surface area contributed by atoms with Crippen LogP contribution in [0.4, 0.5) is 0 Å². The van der Waals surface area contributed by atoms with E-state index >= 15 is 0 Å². The lowest BCUT2D eigenvalue weighted by Gasteiger charge is -1.95. The third kappa shape index (κ3) is 1.80. The van der Waals surface area contributed by atoms with Crippen LogP contribution in [0, 0.1) is 0 Å². The van der Waals surface area contributed by atoms with E-state index in [-0.39, 0.29) is 0 Å². The number of para-hydroxylation sites is 3. The summed E-state index contributed by atoms with van der Waals surface area (Å²) in [5.41, 5.74) is 3.77. The Kier molecular flexibility index (Phi) is 2.85. The first-order valence-electron chi connectivity index (χ1n) is 6.45. The predicted molar refractivity (Wildman–Crippen MR) is 73.8 cm³/mol. The number of aromatic nitrogens is 2. The Balaban J connectivity index is 2.24. The largest absolute Gasteiger partial charge is 0.249 e. The quantitative estimate of drug-likeness (QED) is 0.618. The Morgan fingerprint density at radius 3 is 2.44 bits per heavy atom. The fraction of sp³-hybridized carbons (Fsp3) is 0.188. The van der Waals surface area contributed by atoms with Crippen molar-refractivity contribution in [3.63, 3.8) is 0 Å². The first-order chi connectivity index (χ1) is 8.90. The highest BCUT2D eigenvalue weighted by molar-refractivity contribution is 5.73. The minimum atomic E-state index is 1.06. The van der Waals surface area contributed by atoms with Gasteiger partial charge in [0.2, 0.25) is 6.33 Å². The van der Waals surface area contributed by atoms with E-state index in [0.29, 0.717) is 0 Å². The number of imidazole rings is 1. The van der Waals surface area contributed by atoms with Crippen LogP contribution in [0.5, 0.6) is 0 Å². The van der Waals surface area contributed by atoms with Gasteiger partial charge < -0.3 is 0 Å². The lowest BCUT2D eigenvalue weighted by atomic mass is 10.3. The summed E-state index contributed by atoms with van der Waals surface area (Å²) >= 11 is 0. The van der Waals surface area contributed by atoms with E-state index in [1.807, 2.05) is 0 Å². The maximum absolute atomic E-state index is 2.32. The van der Waals surface area contributed by atoms with E-state index in [4.69, 9.17) is 0 Å². The second-order valence-corrected chi connectivity index (χ2v) is 4.50. The van der Waals surface area contributed by atoms with Crippen molar-refractivity contribution in [2.75, 3.05) is 0 Å². The molecule has 1 heterocycles. The van der Waals surface area contributed by atoms with Crippen LogP contribution < -0.4 is 4.57 Å². The molecule has 0 aliphatic heterocycles. The number of aryl methyl sites for hydroxylation is 1. The third-order valence-corrected chi connectivity index (χ3v) is 3.20. The van der Waals surface area contributed by atoms with Crippen molar-refractivity contribution >= 4 is 11.0 Å². The van der Waals surface area contributed by atoms with Gasteiger partial charge in [-0.05, 0) is 30.7 Å². The molecule has 0 saturated carbocycles. The van der Waals surface area contributed by atoms with Gasteiger partial charge in [0, 0.05) is 0 Å². The van der Waals surface area contributed by atoms with Crippen molar-refractivity contribution < 1.29 is 4.57 Å². The van der Waals surface area contributed by atoms with Gasteiger partial charge in [-0.15, -0.1) is 0 Å². The molecule has 2 aromatic carbocycles. The molecule has 90 valence electrons. The first-order valence-corrected chi connectivity index (χ1v) is 6.45. The molecule has 0 atom stereocenters. The molecule has 0 N–H and O–H groups in total. The van der Waals surface area contributed by atoms with E-state index in [2.05, 4.69) is 77.0 Å². The topological polar surface area (TPSA) is 8.81 Å². The predicted octanol–water partition coefficient (Wildman–Crippen LogP) is 3.33. The molecule has 0 aliphatic carbocycles. The average Bonchev–Trinajstić information content (AvgIpc) is 2.80. The lowest BCUT2D eigenvalue weighted by Crippen LogP contribution is -2.31. The van der Waals surface area contributed by atoms with Crippen molar-refractivity contribution in [3.05, 3.63) is 60.9 Å². The summed E-state index contributed by atoms with van der Waals surface area (Å²) in [5.74, 6) is 0. The van der Waals surface area contributed by atoms with Crippen LogP contribution in [0.25, 0.3) is 16.7 Å². The summed E-state index contributed by atoms with van der Waals surface area (Å²) < 4.78 is 4.58. The fourth-order valence-electron chi connectivity index (χ4n) is 2.39. The number of nitrogens with zero attached hydrogens (tertiary/aromatic N) is 2. The maximum Gasteiger partial charge on any atom is 0.249 e. The average molecular weight is 237 g/mol. The monoisotopic (exact) mass is 237 g/mol. The molecule has 0 aliphatic rings. The van der Waals surface area contributed by atoms with Gasteiger partial charge >= 0.3 is 0 Å².